The molecule has 0 spiro atoms. The normalized spacial score (nSPS) is 13.1. The first-order valence-corrected chi connectivity index (χ1v) is 22.5. The highest BCUT2D eigenvalue weighted by molar-refractivity contribution is 7.19. The third-order valence-corrected chi connectivity index (χ3v) is 17.6. The number of hydrogen-bond acceptors (Lipinski definition) is 1. The quantitative estimate of drug-likeness (QED) is 0.117. The van der Waals surface area contributed by atoms with Gasteiger partial charge in [0.05, 0.1) is 16.7 Å². The minimum atomic E-state index is -2.67. The molecule has 11 rings (SSSR count). The summed E-state index contributed by atoms with van der Waals surface area (Å²) < 4.78 is 2.39. The number of pyridine rings is 1. The maximum Gasteiger partial charge on any atom is 0.179 e. The van der Waals surface area contributed by atoms with E-state index in [9.17, 15) is 0 Å². The van der Waals surface area contributed by atoms with Crippen LogP contribution in [-0.4, -0.2) is 17.6 Å². The fraction of sp³-hybridized carbons (Fsp3) is 0.0536. The fourth-order valence-electron chi connectivity index (χ4n) is 9.96. The zero-order valence-corrected chi connectivity index (χ0v) is 34.2. The average molecular weight is 771 g/mol. The number of aromatic nitrogens is 2. The highest BCUT2D eigenvalue weighted by atomic mass is 28.3. The molecule has 1 aliphatic rings. The molecule has 2 nitrogen and oxygen atoms in total. The maximum atomic E-state index is 4.56. The molecule has 0 bridgehead atoms. The molecule has 59 heavy (non-hydrogen) atoms. The number of benzene rings is 8. The van der Waals surface area contributed by atoms with E-state index in [1.807, 2.05) is 18.3 Å². The van der Waals surface area contributed by atoms with Crippen LogP contribution in [0.4, 0.5) is 0 Å². The molecule has 0 radical (unpaired) electrons. The number of fused-ring (bicyclic) bond motifs is 6. The summed E-state index contributed by atoms with van der Waals surface area (Å²) in [6.07, 6.45) is 1.85. The topological polar surface area (TPSA) is 17.8 Å². The van der Waals surface area contributed by atoms with Crippen molar-refractivity contribution in [1.29, 1.82) is 0 Å². The smallest absolute Gasteiger partial charge is 0.179 e. The van der Waals surface area contributed by atoms with Gasteiger partial charge in [0.1, 0.15) is 0 Å². The molecule has 2 heterocycles. The summed E-state index contributed by atoms with van der Waals surface area (Å²) in [6, 6.07) is 78.9. The summed E-state index contributed by atoms with van der Waals surface area (Å²) >= 11 is 0. The fourth-order valence-corrected chi connectivity index (χ4v) is 14.7. The van der Waals surface area contributed by atoms with E-state index < -0.39 is 8.07 Å². The molecule has 0 saturated carbocycles. The highest BCUT2D eigenvalue weighted by Gasteiger charge is 2.44. The van der Waals surface area contributed by atoms with Crippen molar-refractivity contribution in [2.75, 3.05) is 0 Å². The van der Waals surface area contributed by atoms with Gasteiger partial charge in [-0.2, -0.15) is 0 Å². The summed E-state index contributed by atoms with van der Waals surface area (Å²) in [4.78, 5) is 4.56. The molecule has 0 atom stereocenters. The lowest BCUT2D eigenvalue weighted by molar-refractivity contribution is 0.661. The molecule has 0 N–H and O–H groups in total. The van der Waals surface area contributed by atoms with Crippen molar-refractivity contribution >= 4 is 50.6 Å². The minimum Gasteiger partial charge on any atom is -0.309 e. The predicted molar refractivity (Wildman–Crippen MR) is 251 cm³/mol. The summed E-state index contributed by atoms with van der Waals surface area (Å²) in [5.74, 6) is 0. The number of nitrogens with zero attached hydrogens (tertiary/aromatic N) is 2. The van der Waals surface area contributed by atoms with Crippen molar-refractivity contribution in [3.8, 4) is 39.2 Å². The Morgan fingerprint density at radius 3 is 1.58 bits per heavy atom. The van der Waals surface area contributed by atoms with Crippen LogP contribution in [0.15, 0.2) is 219 Å². The van der Waals surface area contributed by atoms with Crippen molar-refractivity contribution in [2.45, 2.75) is 19.3 Å². The lowest BCUT2D eigenvalue weighted by Gasteiger charge is -2.35. The summed E-state index contributed by atoms with van der Waals surface area (Å²) in [6.45, 7) is 4.83. The summed E-state index contributed by atoms with van der Waals surface area (Å²) in [5, 5.41) is 8.10. The number of hydrogen-bond donors (Lipinski definition) is 0. The van der Waals surface area contributed by atoms with Gasteiger partial charge in [-0.1, -0.05) is 178 Å². The van der Waals surface area contributed by atoms with E-state index >= 15 is 0 Å². The second kappa shape index (κ2) is 13.8. The van der Waals surface area contributed by atoms with Crippen LogP contribution in [0.5, 0.6) is 0 Å². The van der Waals surface area contributed by atoms with E-state index in [0.29, 0.717) is 0 Å². The van der Waals surface area contributed by atoms with Crippen LogP contribution in [0.1, 0.15) is 25.0 Å². The van der Waals surface area contributed by atoms with E-state index in [4.69, 9.17) is 0 Å². The Labute approximate surface area is 346 Å². The second-order valence-corrected chi connectivity index (χ2v) is 20.1. The first-order valence-electron chi connectivity index (χ1n) is 20.5. The van der Waals surface area contributed by atoms with E-state index in [-0.39, 0.29) is 5.41 Å². The molecular weight excluding hydrogens is 729 g/mol. The minimum absolute atomic E-state index is 0.192. The Bertz CT molecular complexity index is 3050. The first-order chi connectivity index (χ1) is 29.0. The van der Waals surface area contributed by atoms with E-state index in [1.165, 1.54) is 75.9 Å². The van der Waals surface area contributed by atoms with Gasteiger partial charge in [-0.05, 0) is 103 Å². The Balaban J connectivity index is 1.02. The van der Waals surface area contributed by atoms with Gasteiger partial charge in [0.2, 0.25) is 0 Å². The third-order valence-electron chi connectivity index (χ3n) is 12.8. The largest absolute Gasteiger partial charge is 0.309 e. The molecule has 0 amide bonds. The summed E-state index contributed by atoms with van der Waals surface area (Å²) in [5.41, 5.74) is 13.4. The van der Waals surface area contributed by atoms with Gasteiger partial charge in [0.15, 0.2) is 8.07 Å². The van der Waals surface area contributed by atoms with Crippen LogP contribution in [0.3, 0.4) is 0 Å². The Kier molecular flexibility index (Phi) is 8.21. The van der Waals surface area contributed by atoms with Crippen LogP contribution in [0.2, 0.25) is 0 Å². The molecule has 10 aromatic rings. The number of para-hydroxylation sites is 1. The highest BCUT2D eigenvalue weighted by Crippen LogP contribution is 2.49. The van der Waals surface area contributed by atoms with Crippen LogP contribution in [0.25, 0.3) is 61.0 Å². The van der Waals surface area contributed by atoms with Gasteiger partial charge in [-0.15, -0.1) is 0 Å². The zero-order chi connectivity index (χ0) is 39.6. The maximum absolute atomic E-state index is 4.56. The molecule has 0 unspecified atom stereocenters. The second-order valence-electron chi connectivity index (χ2n) is 16.3. The summed E-state index contributed by atoms with van der Waals surface area (Å²) in [7, 11) is -2.67. The van der Waals surface area contributed by atoms with Gasteiger partial charge in [0, 0.05) is 33.6 Å². The first kappa shape index (κ1) is 35.1. The number of rotatable bonds is 7. The molecule has 280 valence electrons. The molecule has 1 aliphatic carbocycles. The Morgan fingerprint density at radius 2 is 0.932 bits per heavy atom. The third kappa shape index (κ3) is 5.50. The van der Waals surface area contributed by atoms with Crippen LogP contribution >= 0.6 is 0 Å². The molecule has 0 saturated heterocycles. The average Bonchev–Trinajstić information content (AvgIpc) is 3.75. The van der Waals surface area contributed by atoms with Gasteiger partial charge < -0.3 is 4.57 Å². The van der Waals surface area contributed by atoms with Crippen molar-refractivity contribution in [2.24, 2.45) is 0 Å². The van der Waals surface area contributed by atoms with Gasteiger partial charge in [-0.25, -0.2) is 0 Å². The lowest BCUT2D eigenvalue weighted by atomic mass is 9.81. The van der Waals surface area contributed by atoms with E-state index in [1.54, 1.807) is 0 Å². The van der Waals surface area contributed by atoms with E-state index in [0.717, 1.165) is 16.9 Å². The van der Waals surface area contributed by atoms with Gasteiger partial charge in [-0.3, -0.25) is 4.98 Å². The molecular formula is C56H42N2Si. The lowest BCUT2D eigenvalue weighted by Crippen LogP contribution is -2.74. The van der Waals surface area contributed by atoms with Crippen molar-refractivity contribution in [3.05, 3.63) is 230 Å². The standard InChI is InChI=1S/C56H42N2Si/c1-56(2)51-37-41(40-28-34-55-50(36-40)49-22-12-13-24-54(49)58(55)42-29-25-39(26-30-42)53-23-14-15-35-57-53)27-32-47(51)48-33-31-46(38-52(48)56)59(43-16-6-3-7-17-43,44-18-8-4-9-19-44)45-20-10-5-11-21-45/h3-38H,1-2H3. The SMILES string of the molecule is CC1(C)c2cc(-c3ccc4c(c3)c3ccccc3n4-c3ccc(-c4ccccn4)cc3)ccc2-c2ccc([Si](c3ccccc3)(c3ccccc3)c3ccccc3)cc21. The van der Waals surface area contributed by atoms with Crippen molar-refractivity contribution in [1.82, 2.24) is 9.55 Å². The zero-order valence-electron chi connectivity index (χ0n) is 33.2. The Morgan fingerprint density at radius 1 is 0.407 bits per heavy atom. The molecule has 0 fully saturated rings. The Hall–Kier alpha value is -7.07. The molecule has 8 aromatic carbocycles. The van der Waals surface area contributed by atoms with Crippen LogP contribution < -0.4 is 20.7 Å². The van der Waals surface area contributed by atoms with Gasteiger partial charge >= 0.3 is 0 Å². The monoisotopic (exact) mass is 770 g/mol. The van der Waals surface area contributed by atoms with Crippen molar-refractivity contribution in [3.63, 3.8) is 0 Å². The predicted octanol–water partition coefficient (Wildman–Crippen LogP) is 11.2. The van der Waals surface area contributed by atoms with Crippen LogP contribution in [0, 0.1) is 0 Å². The van der Waals surface area contributed by atoms with Crippen LogP contribution in [-0.2, 0) is 5.41 Å². The molecule has 2 aromatic heterocycles. The molecule has 3 heteroatoms. The van der Waals surface area contributed by atoms with Crippen molar-refractivity contribution < 1.29 is 0 Å². The van der Waals surface area contributed by atoms with E-state index in [2.05, 4.69) is 224 Å². The molecule has 0 aliphatic heterocycles. The van der Waals surface area contributed by atoms with Gasteiger partial charge in [0.25, 0.3) is 0 Å².